The maximum absolute atomic E-state index is 13.6. The first-order chi connectivity index (χ1) is 18.3. The molecule has 1 saturated heterocycles. The minimum atomic E-state index is -0.691. The van der Waals surface area contributed by atoms with Crippen molar-refractivity contribution in [3.63, 3.8) is 0 Å². The van der Waals surface area contributed by atoms with Gasteiger partial charge in [0.2, 0.25) is 0 Å². The number of hydrogen-bond donors (Lipinski definition) is 2. The van der Waals surface area contributed by atoms with E-state index < -0.39 is 5.91 Å². The second kappa shape index (κ2) is 11.9. The number of primary amides is 1. The zero-order valence-electron chi connectivity index (χ0n) is 21.5. The Hall–Kier alpha value is -3.82. The number of imidazole rings is 1. The van der Waals surface area contributed by atoms with Crippen molar-refractivity contribution >= 4 is 29.5 Å². The normalized spacial score (nSPS) is 15.6. The van der Waals surface area contributed by atoms with Gasteiger partial charge in [0.1, 0.15) is 18.0 Å². The van der Waals surface area contributed by atoms with Crippen LogP contribution in [0.2, 0.25) is 0 Å². The highest BCUT2D eigenvalue weighted by atomic mass is 35.5. The number of amides is 1. The quantitative estimate of drug-likeness (QED) is 0.352. The third-order valence-corrected chi connectivity index (χ3v) is 7.17. The predicted octanol–water partition coefficient (Wildman–Crippen LogP) is 4.52. The van der Waals surface area contributed by atoms with Gasteiger partial charge in [-0.1, -0.05) is 30.3 Å². The van der Waals surface area contributed by atoms with Crippen molar-refractivity contribution in [1.82, 2.24) is 19.3 Å². The molecule has 3 heterocycles. The van der Waals surface area contributed by atoms with Gasteiger partial charge in [-0.15, -0.1) is 12.4 Å². The van der Waals surface area contributed by atoms with E-state index in [1.807, 2.05) is 6.92 Å². The molecule has 0 saturated carbocycles. The van der Waals surface area contributed by atoms with E-state index in [9.17, 15) is 18.4 Å². The monoisotopic (exact) mass is 553 g/mol. The Labute approximate surface area is 230 Å². The molecule has 0 radical (unpaired) electrons. The third kappa shape index (κ3) is 6.10. The highest BCUT2D eigenvalue weighted by Gasteiger charge is 2.21. The van der Waals surface area contributed by atoms with E-state index in [1.165, 1.54) is 35.0 Å². The van der Waals surface area contributed by atoms with Crippen LogP contribution in [0.25, 0.3) is 11.2 Å². The summed E-state index contributed by atoms with van der Waals surface area (Å²) >= 11 is 0. The minimum Gasteiger partial charge on any atom is -0.364 e. The smallest absolute Gasteiger partial charge is 0.271 e. The van der Waals surface area contributed by atoms with Crippen LogP contribution in [-0.2, 0) is 6.42 Å². The Morgan fingerprint density at radius 2 is 1.72 bits per heavy atom. The number of likely N-dealkylation sites (tertiary alicyclic amines) is 1. The van der Waals surface area contributed by atoms with E-state index in [1.54, 1.807) is 24.3 Å². The number of aryl methyl sites for hydroxylation is 1. The summed E-state index contributed by atoms with van der Waals surface area (Å²) in [6, 6.07) is 12.7. The van der Waals surface area contributed by atoms with Crippen molar-refractivity contribution < 1.29 is 13.6 Å². The van der Waals surface area contributed by atoms with E-state index in [0.29, 0.717) is 29.9 Å². The average molecular weight is 554 g/mol. The first kappa shape index (κ1) is 28.2. The van der Waals surface area contributed by atoms with Gasteiger partial charge in [0.05, 0.1) is 0 Å². The van der Waals surface area contributed by atoms with E-state index >= 15 is 0 Å². The van der Waals surface area contributed by atoms with Crippen LogP contribution in [0.1, 0.15) is 45.7 Å². The summed E-state index contributed by atoms with van der Waals surface area (Å²) in [5.41, 5.74) is 9.54. The molecule has 204 valence electrons. The van der Waals surface area contributed by atoms with Gasteiger partial charge in [-0.2, -0.15) is 0 Å². The molecule has 4 aromatic rings. The van der Waals surface area contributed by atoms with Crippen LogP contribution in [0, 0.1) is 24.5 Å². The number of nitrogens with zero attached hydrogens (tertiary/aromatic N) is 3. The van der Waals surface area contributed by atoms with E-state index in [2.05, 4.69) is 20.9 Å². The number of aromatic amines is 1. The molecule has 0 spiro atoms. The molecule has 2 aromatic heterocycles. The first-order valence-corrected chi connectivity index (χ1v) is 12.6. The first-order valence-electron chi connectivity index (χ1n) is 12.6. The van der Waals surface area contributed by atoms with E-state index in [-0.39, 0.29) is 41.2 Å². The number of H-pyrrole nitrogens is 1. The summed E-state index contributed by atoms with van der Waals surface area (Å²) in [5, 5.41) is 0. The molecule has 0 aliphatic carbocycles. The van der Waals surface area contributed by atoms with Crippen molar-refractivity contribution in [2.24, 2.45) is 11.7 Å². The summed E-state index contributed by atoms with van der Waals surface area (Å²) in [6.45, 7) is 4.23. The maximum Gasteiger partial charge on any atom is 0.271 e. The largest absolute Gasteiger partial charge is 0.364 e. The highest BCUT2D eigenvalue weighted by Crippen LogP contribution is 2.29. The zero-order valence-corrected chi connectivity index (χ0v) is 22.3. The summed E-state index contributed by atoms with van der Waals surface area (Å²) in [4.78, 5) is 34.1. The van der Waals surface area contributed by atoms with Gasteiger partial charge >= 0.3 is 0 Å². The Balaban J connectivity index is 0.00000353. The molecule has 1 fully saturated rings. The molecule has 1 aliphatic heterocycles. The van der Waals surface area contributed by atoms with Gasteiger partial charge in [0.25, 0.3) is 11.5 Å². The molecule has 1 aliphatic rings. The zero-order chi connectivity index (χ0) is 26.8. The highest BCUT2D eigenvalue weighted by molar-refractivity contribution is 5.96. The molecule has 1 unspecified atom stereocenters. The molecule has 2 aromatic carbocycles. The number of hydrogen-bond acceptors (Lipinski definition) is 4. The predicted molar refractivity (Wildman–Crippen MR) is 149 cm³/mol. The number of carbonyl (C=O) groups excluding carboxylic acids is 1. The Morgan fingerprint density at radius 3 is 2.31 bits per heavy atom. The molecule has 0 bridgehead atoms. The molecular weight excluding hydrogens is 524 g/mol. The lowest BCUT2D eigenvalue weighted by Crippen LogP contribution is -2.37. The second-order valence-electron chi connectivity index (χ2n) is 9.76. The minimum absolute atomic E-state index is 0. The number of rotatable bonds is 7. The van der Waals surface area contributed by atoms with E-state index in [0.717, 1.165) is 42.6 Å². The fourth-order valence-electron chi connectivity index (χ4n) is 5.21. The van der Waals surface area contributed by atoms with Gasteiger partial charge < -0.3 is 15.6 Å². The summed E-state index contributed by atoms with van der Waals surface area (Å²) < 4.78 is 28.5. The Morgan fingerprint density at radius 1 is 1.10 bits per heavy atom. The molecular formula is C29H30ClF2N5O2. The van der Waals surface area contributed by atoms with Crippen LogP contribution >= 0.6 is 12.4 Å². The topological polar surface area (TPSA) is 96.5 Å². The number of aromatic nitrogens is 3. The van der Waals surface area contributed by atoms with Crippen molar-refractivity contribution in [3.05, 3.63) is 111 Å². The van der Waals surface area contributed by atoms with Crippen LogP contribution in [0.15, 0.2) is 65.7 Å². The van der Waals surface area contributed by atoms with Crippen molar-refractivity contribution in [2.75, 3.05) is 19.6 Å². The fourth-order valence-corrected chi connectivity index (χ4v) is 5.21. The molecule has 7 nitrogen and oxygen atoms in total. The number of fused-ring (bicyclic) bond motifs is 1. The fraction of sp³-hybridized carbons (Fsp3) is 0.276. The number of benzene rings is 2. The third-order valence-electron chi connectivity index (χ3n) is 7.17. The van der Waals surface area contributed by atoms with Crippen molar-refractivity contribution in [2.45, 2.75) is 26.2 Å². The summed E-state index contributed by atoms with van der Waals surface area (Å²) in [7, 11) is 0. The van der Waals surface area contributed by atoms with Gasteiger partial charge in [-0.25, -0.2) is 13.8 Å². The number of piperidine rings is 1. The van der Waals surface area contributed by atoms with Crippen LogP contribution in [0.4, 0.5) is 8.78 Å². The molecule has 5 rings (SSSR count). The average Bonchev–Trinajstić information content (AvgIpc) is 3.33. The Bertz CT molecular complexity index is 1510. The molecule has 39 heavy (non-hydrogen) atoms. The molecule has 1 atom stereocenters. The number of halogens is 3. The van der Waals surface area contributed by atoms with Crippen molar-refractivity contribution in [3.8, 4) is 0 Å². The van der Waals surface area contributed by atoms with Gasteiger partial charge in [0.15, 0.2) is 11.3 Å². The maximum atomic E-state index is 13.6. The number of nitrogens with two attached hydrogens (primary N) is 1. The van der Waals surface area contributed by atoms with Crippen LogP contribution < -0.4 is 11.3 Å². The standard InChI is InChI=1S/C29H29F2N5O2.ClH/c1-18-24(29(38)36-17-33-26(27(32)37)28(36)34-18)12-14-35-13-2-3-19(16-35)15-25(20-4-8-22(30)9-5-20)21-6-10-23(31)11-7-21;/h4-11,15,17,19,34H,2-3,12-14,16H2,1H3,(H2,32,37);1H. The molecule has 10 heteroatoms. The summed E-state index contributed by atoms with van der Waals surface area (Å²) in [5.74, 6) is -1.06. The molecule has 1 amide bonds. The summed E-state index contributed by atoms with van der Waals surface area (Å²) in [6.07, 6.45) is 6.07. The van der Waals surface area contributed by atoms with Gasteiger partial charge in [-0.05, 0) is 79.6 Å². The van der Waals surface area contributed by atoms with Crippen LogP contribution in [-0.4, -0.2) is 44.8 Å². The number of carbonyl (C=O) groups is 1. The van der Waals surface area contributed by atoms with Crippen molar-refractivity contribution in [1.29, 1.82) is 0 Å². The lowest BCUT2D eigenvalue weighted by molar-refractivity contribution is 0.0997. The molecule has 3 N–H and O–H groups in total. The van der Waals surface area contributed by atoms with E-state index in [4.69, 9.17) is 5.73 Å². The Kier molecular flexibility index (Phi) is 8.62. The lowest BCUT2D eigenvalue weighted by atomic mass is 9.90. The second-order valence-corrected chi connectivity index (χ2v) is 9.76. The van der Waals surface area contributed by atoms with Gasteiger partial charge in [0, 0.05) is 24.3 Å². The van der Waals surface area contributed by atoms with Crippen LogP contribution in [0.3, 0.4) is 0 Å². The van der Waals surface area contributed by atoms with Gasteiger partial charge in [-0.3, -0.25) is 14.0 Å². The number of nitrogens with one attached hydrogen (secondary N) is 1. The van der Waals surface area contributed by atoms with Crippen LogP contribution in [0.5, 0.6) is 0 Å². The lowest BCUT2D eigenvalue weighted by Gasteiger charge is -2.32. The SMILES string of the molecule is Cc1[nH]c2c(C(N)=O)ncn2c(=O)c1CCN1CCCC(C=C(c2ccc(F)cc2)c2ccc(F)cc2)C1.Cl.